The Morgan fingerprint density at radius 2 is 0.605 bits per heavy atom. The van der Waals surface area contributed by atoms with Crippen LogP contribution in [0, 0.1) is 56.7 Å². The lowest BCUT2D eigenvalue weighted by atomic mass is 9.86. The van der Waals surface area contributed by atoms with E-state index in [0.717, 1.165) is 72.1 Å². The maximum Gasteiger partial charge on any atom is 0.417 e. The summed E-state index contributed by atoms with van der Waals surface area (Å²) in [5, 5.41) is 52.0. The van der Waals surface area contributed by atoms with E-state index in [1.165, 1.54) is 18.2 Å². The molecule has 11 aromatic carbocycles. The fourth-order valence-electron chi connectivity index (χ4n) is 11.7. The number of nitrogens with zero attached hydrogens (tertiary/aromatic N) is 7. The smallest absolute Gasteiger partial charge is 0.309 e. The van der Waals surface area contributed by atoms with Gasteiger partial charge >= 0.3 is 12.4 Å². The lowest BCUT2D eigenvalue weighted by Crippen LogP contribution is -2.14. The Balaban J connectivity index is 1.12. The van der Waals surface area contributed by atoms with E-state index in [4.69, 9.17) is 0 Å². The third-order valence-corrected chi connectivity index (χ3v) is 15.8. The molecule has 0 aliphatic carbocycles. The molecule has 0 aliphatic heterocycles. The first kappa shape index (κ1) is 53.4. The summed E-state index contributed by atoms with van der Waals surface area (Å²) in [7, 11) is 0. The van der Waals surface area contributed by atoms with E-state index >= 15 is 26.3 Å². The van der Waals surface area contributed by atoms with Crippen LogP contribution in [0.1, 0.15) is 38.9 Å². The predicted molar refractivity (Wildman–Crippen MR) is 321 cm³/mol. The molecule has 0 spiro atoms. The number of benzene rings is 11. The number of fused-ring (bicyclic) bond motifs is 6. The summed E-state index contributed by atoms with van der Waals surface area (Å²) < 4.78 is 97.1. The van der Waals surface area contributed by atoms with Gasteiger partial charge in [-0.05, 0) is 195 Å². The van der Waals surface area contributed by atoms with Gasteiger partial charge in [-0.3, -0.25) is 0 Å². The zero-order chi connectivity index (χ0) is 59.6. The molecule has 7 nitrogen and oxygen atoms in total. The lowest BCUT2D eigenvalue weighted by molar-refractivity contribution is -0.142. The van der Waals surface area contributed by atoms with Crippen molar-refractivity contribution in [3.8, 4) is 108 Å². The Labute approximate surface area is 487 Å². The van der Waals surface area contributed by atoms with E-state index in [0.29, 0.717) is 67.8 Å². The van der Waals surface area contributed by atoms with Crippen molar-refractivity contribution in [2.45, 2.75) is 12.4 Å². The summed E-state index contributed by atoms with van der Waals surface area (Å²) in [6.07, 6.45) is -10.5. The number of hydrogen-bond acceptors (Lipinski definition) is 5. The highest BCUT2D eigenvalue weighted by Crippen LogP contribution is 2.50. The topological polar surface area (TPSA) is 129 Å². The van der Waals surface area contributed by atoms with Crippen molar-refractivity contribution in [1.29, 1.82) is 26.3 Å². The largest absolute Gasteiger partial charge is 0.417 e. The molecular formula is C73H37F6N7. The highest BCUT2D eigenvalue weighted by molar-refractivity contribution is 6.14. The van der Waals surface area contributed by atoms with Crippen LogP contribution >= 0.6 is 0 Å². The van der Waals surface area contributed by atoms with E-state index in [9.17, 15) is 26.3 Å². The number of halogens is 6. The number of rotatable bonds is 8. The first-order valence-corrected chi connectivity index (χ1v) is 26.8. The Hall–Kier alpha value is -12.0. The highest BCUT2D eigenvalue weighted by atomic mass is 19.4. The molecule has 0 saturated heterocycles. The SMILES string of the molecule is N#Cc1ccc(-c2ccc3c(c2)c2cc(-c4ccc(C#N)cc4)ccc2n3-c2ccc(-c3c(C(F)(F)F)cccc3C(F)(F)F)c(-c3cc(C#N)ccc3-n3c4ccc(-c5ccc(C#N)cc5)cc4c4cc(-c5ccc(C#N)cc5)ccc43)c2)cc1. The standard InChI is InChI=1S/C73H37F6N7/c74-72(75,76)64-2-1-3-65(73(77,78)79)71(64)57-26-25-56(85-66-28-21-52(48-13-4-43(38-80)5-14-48)33-60(66)61-34-53(22-29-67(61)85)49-15-6-44(39-81)7-16-49)37-58(57)59-32-47(42-84)12-27-68(59)86-69-30-23-54(50-17-8-45(40-82)9-18-50)35-62(69)63-36-55(24-31-70(63)86)51-19-10-46(41-83)11-20-51/h1-37H. The Morgan fingerprint density at radius 1 is 0.279 bits per heavy atom. The molecule has 0 bridgehead atoms. The lowest BCUT2D eigenvalue weighted by Gasteiger charge is -2.23. The van der Waals surface area contributed by atoms with Gasteiger partial charge in [0.2, 0.25) is 0 Å². The van der Waals surface area contributed by atoms with Gasteiger partial charge in [-0.25, -0.2) is 0 Å². The minimum atomic E-state index is -5.26. The van der Waals surface area contributed by atoms with Gasteiger partial charge in [-0.2, -0.15) is 52.7 Å². The molecule has 0 unspecified atom stereocenters. The van der Waals surface area contributed by atoms with Crippen molar-refractivity contribution in [1.82, 2.24) is 9.13 Å². The minimum Gasteiger partial charge on any atom is -0.309 e. The van der Waals surface area contributed by atoms with E-state index in [2.05, 4.69) is 30.3 Å². The normalized spacial score (nSPS) is 11.5. The molecule has 0 atom stereocenters. The van der Waals surface area contributed by atoms with Crippen LogP contribution in [0.3, 0.4) is 0 Å². The van der Waals surface area contributed by atoms with Gasteiger partial charge in [0.05, 0.1) is 97.0 Å². The van der Waals surface area contributed by atoms with E-state index in [1.54, 1.807) is 66.7 Å². The molecule has 0 aliphatic rings. The maximum absolute atomic E-state index is 15.6. The number of nitriles is 5. The molecule has 406 valence electrons. The van der Waals surface area contributed by atoms with Crippen molar-refractivity contribution in [3.63, 3.8) is 0 Å². The van der Waals surface area contributed by atoms with Crippen LogP contribution in [0.5, 0.6) is 0 Å². The summed E-state index contributed by atoms with van der Waals surface area (Å²) in [4.78, 5) is 0. The van der Waals surface area contributed by atoms with E-state index < -0.39 is 34.6 Å². The van der Waals surface area contributed by atoms with E-state index in [1.807, 2.05) is 130 Å². The highest BCUT2D eigenvalue weighted by Gasteiger charge is 2.42. The molecule has 0 fully saturated rings. The summed E-state index contributed by atoms with van der Waals surface area (Å²) in [6.45, 7) is 0. The van der Waals surface area contributed by atoms with Gasteiger partial charge < -0.3 is 9.13 Å². The average molecular weight is 1130 g/mol. The monoisotopic (exact) mass is 1130 g/mol. The minimum absolute atomic E-state index is 0.0476. The fourth-order valence-corrected chi connectivity index (χ4v) is 11.7. The number of alkyl halides is 6. The van der Waals surface area contributed by atoms with Crippen molar-refractivity contribution in [2.24, 2.45) is 0 Å². The zero-order valence-electron chi connectivity index (χ0n) is 44.8. The molecule has 13 rings (SSSR count). The van der Waals surface area contributed by atoms with Crippen molar-refractivity contribution < 1.29 is 26.3 Å². The van der Waals surface area contributed by atoms with Gasteiger partial charge in [-0.1, -0.05) is 84.9 Å². The molecule has 0 amide bonds. The zero-order valence-corrected chi connectivity index (χ0v) is 44.8. The van der Waals surface area contributed by atoms with Crippen LogP contribution < -0.4 is 0 Å². The van der Waals surface area contributed by atoms with Gasteiger partial charge in [0.15, 0.2) is 0 Å². The second kappa shape index (κ2) is 20.8. The molecule has 13 heteroatoms. The van der Waals surface area contributed by atoms with Gasteiger partial charge in [0, 0.05) is 38.4 Å². The maximum atomic E-state index is 15.6. The second-order valence-electron chi connectivity index (χ2n) is 20.7. The molecule has 86 heavy (non-hydrogen) atoms. The number of aromatic nitrogens is 2. The Morgan fingerprint density at radius 3 is 0.942 bits per heavy atom. The van der Waals surface area contributed by atoms with Crippen molar-refractivity contribution in [3.05, 3.63) is 263 Å². The molecule has 2 aromatic heterocycles. The summed E-state index contributed by atoms with van der Waals surface area (Å²) in [6, 6.07) is 73.5. The average Bonchev–Trinajstić information content (AvgIpc) is 1.64. The van der Waals surface area contributed by atoms with Crippen LogP contribution in [-0.2, 0) is 12.4 Å². The van der Waals surface area contributed by atoms with Gasteiger partial charge in [0.25, 0.3) is 0 Å². The first-order valence-electron chi connectivity index (χ1n) is 26.8. The van der Waals surface area contributed by atoms with Gasteiger partial charge in [0.1, 0.15) is 0 Å². The molecule has 2 heterocycles. The Bertz CT molecular complexity index is 4910. The van der Waals surface area contributed by atoms with Crippen LogP contribution in [0.25, 0.3) is 122 Å². The van der Waals surface area contributed by atoms with Crippen LogP contribution in [0.2, 0.25) is 0 Å². The summed E-state index contributed by atoms with van der Waals surface area (Å²) >= 11 is 0. The molecule has 13 aromatic rings. The fraction of sp³-hybridized carbons (Fsp3) is 0.0274. The van der Waals surface area contributed by atoms with Crippen molar-refractivity contribution in [2.75, 3.05) is 0 Å². The summed E-state index contributed by atoms with van der Waals surface area (Å²) in [5.41, 5.74) is 7.21. The first-order chi connectivity index (χ1) is 41.6. The summed E-state index contributed by atoms with van der Waals surface area (Å²) in [5.74, 6) is 0. The molecular weight excluding hydrogens is 1090 g/mol. The molecule has 0 saturated carbocycles. The van der Waals surface area contributed by atoms with Gasteiger partial charge in [-0.15, -0.1) is 0 Å². The van der Waals surface area contributed by atoms with Crippen molar-refractivity contribution >= 4 is 43.6 Å². The number of hydrogen-bond donors (Lipinski definition) is 0. The molecule has 0 radical (unpaired) electrons. The predicted octanol–water partition coefficient (Wildman–Crippen LogP) is 19.3. The quantitative estimate of drug-likeness (QED) is 0.140. The van der Waals surface area contributed by atoms with Crippen LogP contribution in [0.4, 0.5) is 26.3 Å². The molecule has 0 N–H and O–H groups in total. The second-order valence-corrected chi connectivity index (χ2v) is 20.7. The van der Waals surface area contributed by atoms with Crippen LogP contribution in [0.15, 0.2) is 224 Å². The Kier molecular flexibility index (Phi) is 12.9. The third kappa shape index (κ3) is 9.27. The van der Waals surface area contributed by atoms with E-state index in [-0.39, 0.29) is 16.7 Å². The van der Waals surface area contributed by atoms with Crippen LogP contribution in [-0.4, -0.2) is 9.13 Å². The third-order valence-electron chi connectivity index (χ3n) is 15.8.